The normalized spacial score (nSPS) is 23.1. The third kappa shape index (κ3) is 3.08. The lowest BCUT2D eigenvalue weighted by Gasteiger charge is -2.25. The Balaban J connectivity index is 1.67. The highest BCUT2D eigenvalue weighted by Crippen LogP contribution is 2.31. The molecule has 0 saturated heterocycles. The Morgan fingerprint density at radius 1 is 1.35 bits per heavy atom. The van der Waals surface area contributed by atoms with Gasteiger partial charge in [-0.3, -0.25) is 0 Å². The largest absolute Gasteiger partial charge is 0.361 e. The van der Waals surface area contributed by atoms with Gasteiger partial charge >= 0.3 is 0 Å². The molecule has 0 atom stereocenters. The summed E-state index contributed by atoms with van der Waals surface area (Å²) in [5.41, 5.74) is 8.14. The van der Waals surface area contributed by atoms with E-state index in [-0.39, 0.29) is 0 Å². The second kappa shape index (κ2) is 5.88. The minimum atomic E-state index is 0.415. The van der Waals surface area contributed by atoms with Crippen molar-refractivity contribution in [1.29, 1.82) is 0 Å². The molecule has 0 amide bonds. The van der Waals surface area contributed by atoms with Gasteiger partial charge in [-0.15, -0.1) is 0 Å². The van der Waals surface area contributed by atoms with Crippen molar-refractivity contribution >= 4 is 38.3 Å². The van der Waals surface area contributed by atoms with Gasteiger partial charge in [0.1, 0.15) is 0 Å². The zero-order valence-electron chi connectivity index (χ0n) is 11.7. The number of nitrogens with two attached hydrogens (primary N) is 1. The molecular formula is C15H20ClN3S. The summed E-state index contributed by atoms with van der Waals surface area (Å²) in [5.74, 6) is 0.728. The monoisotopic (exact) mass is 309 g/mol. The molecule has 0 unspecified atom stereocenters. The first-order valence-corrected chi connectivity index (χ1v) is 8.37. The highest BCUT2D eigenvalue weighted by Gasteiger charge is 2.18. The predicted octanol–water partition coefficient (Wildman–Crippen LogP) is 4.19. The third-order valence-corrected chi connectivity index (χ3v) is 5.26. The van der Waals surface area contributed by atoms with Crippen LogP contribution in [0.15, 0.2) is 12.1 Å². The molecule has 2 aromatic rings. The van der Waals surface area contributed by atoms with Crippen molar-refractivity contribution in [2.45, 2.75) is 38.6 Å². The number of hydrogen-bond donors (Lipinski definition) is 2. The van der Waals surface area contributed by atoms with E-state index in [2.05, 4.69) is 17.2 Å². The molecule has 0 spiro atoms. The van der Waals surface area contributed by atoms with Crippen molar-refractivity contribution in [3.8, 4) is 0 Å². The highest BCUT2D eigenvalue weighted by molar-refractivity contribution is 7.22. The molecule has 3 rings (SSSR count). The number of thiazole rings is 1. The van der Waals surface area contributed by atoms with Crippen LogP contribution in [0.2, 0.25) is 5.02 Å². The molecule has 1 aromatic carbocycles. The summed E-state index contributed by atoms with van der Waals surface area (Å²) in [4.78, 5) is 4.68. The molecular weight excluding hydrogens is 290 g/mol. The van der Waals surface area contributed by atoms with E-state index in [0.29, 0.717) is 6.04 Å². The van der Waals surface area contributed by atoms with Crippen LogP contribution in [0.25, 0.3) is 10.2 Å². The van der Waals surface area contributed by atoms with Crippen LogP contribution in [0.3, 0.4) is 0 Å². The van der Waals surface area contributed by atoms with Gasteiger partial charge in [0.05, 0.1) is 10.2 Å². The molecule has 1 aromatic heterocycles. The lowest BCUT2D eigenvalue weighted by molar-refractivity contribution is 0.339. The predicted molar refractivity (Wildman–Crippen MR) is 87.8 cm³/mol. The lowest BCUT2D eigenvalue weighted by atomic mass is 9.86. The van der Waals surface area contributed by atoms with Crippen LogP contribution in [0, 0.1) is 12.8 Å². The fraction of sp³-hybridized carbons (Fsp3) is 0.533. The summed E-state index contributed by atoms with van der Waals surface area (Å²) in [5, 5.41) is 5.27. The van der Waals surface area contributed by atoms with Crippen LogP contribution in [0.1, 0.15) is 31.2 Å². The molecule has 0 aliphatic heterocycles. The van der Waals surface area contributed by atoms with Crippen molar-refractivity contribution in [2.24, 2.45) is 11.7 Å². The van der Waals surface area contributed by atoms with Crippen LogP contribution >= 0.6 is 22.9 Å². The average Bonchev–Trinajstić information content (AvgIpc) is 2.81. The van der Waals surface area contributed by atoms with Crippen molar-refractivity contribution in [1.82, 2.24) is 4.98 Å². The highest BCUT2D eigenvalue weighted by atomic mass is 35.5. The number of fused-ring (bicyclic) bond motifs is 1. The van der Waals surface area contributed by atoms with E-state index in [9.17, 15) is 0 Å². The van der Waals surface area contributed by atoms with E-state index in [1.807, 2.05) is 12.1 Å². The van der Waals surface area contributed by atoms with E-state index in [4.69, 9.17) is 17.3 Å². The molecule has 1 heterocycles. The van der Waals surface area contributed by atoms with E-state index < -0.39 is 0 Å². The summed E-state index contributed by atoms with van der Waals surface area (Å²) in [7, 11) is 0. The minimum absolute atomic E-state index is 0.415. The van der Waals surface area contributed by atoms with Gasteiger partial charge in [0.25, 0.3) is 0 Å². The van der Waals surface area contributed by atoms with Crippen LogP contribution in [-0.2, 0) is 0 Å². The molecule has 3 N–H and O–H groups in total. The Bertz CT molecular complexity index is 602. The lowest BCUT2D eigenvalue weighted by Crippen LogP contribution is -2.29. The smallest absolute Gasteiger partial charge is 0.183 e. The second-order valence-corrected chi connectivity index (χ2v) is 7.22. The molecule has 20 heavy (non-hydrogen) atoms. The van der Waals surface area contributed by atoms with Crippen LogP contribution in [0.5, 0.6) is 0 Å². The fourth-order valence-electron chi connectivity index (χ4n) is 2.85. The van der Waals surface area contributed by atoms with Gasteiger partial charge in [-0.1, -0.05) is 22.9 Å². The fourth-order valence-corrected chi connectivity index (χ4v) is 4.18. The molecule has 0 radical (unpaired) electrons. The number of hydrogen-bond acceptors (Lipinski definition) is 4. The van der Waals surface area contributed by atoms with E-state index in [0.717, 1.165) is 51.2 Å². The van der Waals surface area contributed by atoms with Crippen LogP contribution in [-0.4, -0.2) is 17.6 Å². The molecule has 0 bridgehead atoms. The van der Waals surface area contributed by atoms with E-state index in [1.54, 1.807) is 11.3 Å². The maximum atomic E-state index is 6.09. The van der Waals surface area contributed by atoms with Crippen molar-refractivity contribution in [3.05, 3.63) is 22.7 Å². The van der Waals surface area contributed by atoms with Gasteiger partial charge in [-0.2, -0.15) is 0 Å². The van der Waals surface area contributed by atoms with Gasteiger partial charge in [-0.05, 0) is 56.2 Å². The van der Waals surface area contributed by atoms with E-state index in [1.165, 1.54) is 12.8 Å². The number of aromatic nitrogens is 1. The Morgan fingerprint density at radius 3 is 2.85 bits per heavy atom. The molecule has 5 heteroatoms. The quantitative estimate of drug-likeness (QED) is 0.894. The molecule has 1 aliphatic rings. The Labute approximate surface area is 128 Å². The maximum absolute atomic E-state index is 6.09. The molecule has 1 aliphatic carbocycles. The van der Waals surface area contributed by atoms with Crippen LogP contribution in [0.4, 0.5) is 5.13 Å². The molecule has 1 fully saturated rings. The maximum Gasteiger partial charge on any atom is 0.183 e. The van der Waals surface area contributed by atoms with Gasteiger partial charge < -0.3 is 11.1 Å². The first kappa shape index (κ1) is 14.1. The number of rotatable bonds is 3. The SMILES string of the molecule is Cc1cc(Cl)cc2sc(NCC3CCC(N)CC3)nc12. The van der Waals surface area contributed by atoms with Crippen molar-refractivity contribution in [3.63, 3.8) is 0 Å². The summed E-state index contributed by atoms with van der Waals surface area (Å²) in [6, 6.07) is 4.38. The summed E-state index contributed by atoms with van der Waals surface area (Å²) < 4.78 is 1.16. The Hall–Kier alpha value is -0.840. The Morgan fingerprint density at radius 2 is 2.10 bits per heavy atom. The van der Waals surface area contributed by atoms with Crippen molar-refractivity contribution in [2.75, 3.05) is 11.9 Å². The topological polar surface area (TPSA) is 50.9 Å². The molecule has 108 valence electrons. The number of halogens is 1. The zero-order valence-corrected chi connectivity index (χ0v) is 13.2. The Kier molecular flexibility index (Phi) is 4.15. The average molecular weight is 310 g/mol. The number of nitrogens with zero attached hydrogens (tertiary/aromatic N) is 1. The first-order chi connectivity index (χ1) is 9.61. The van der Waals surface area contributed by atoms with Crippen molar-refractivity contribution < 1.29 is 0 Å². The van der Waals surface area contributed by atoms with Gasteiger partial charge in [-0.25, -0.2) is 4.98 Å². The number of nitrogens with one attached hydrogen (secondary N) is 1. The standard InChI is InChI=1S/C15H20ClN3S/c1-9-6-11(16)7-13-14(9)19-15(20-13)18-8-10-2-4-12(17)5-3-10/h6-7,10,12H,2-5,8,17H2,1H3,(H,18,19). The summed E-state index contributed by atoms with van der Waals surface area (Å²) in [6.07, 6.45) is 4.76. The molecule has 1 saturated carbocycles. The van der Waals surface area contributed by atoms with Gasteiger partial charge in [0.15, 0.2) is 5.13 Å². The third-order valence-electron chi connectivity index (χ3n) is 4.08. The summed E-state index contributed by atoms with van der Waals surface area (Å²) in [6.45, 7) is 3.06. The van der Waals surface area contributed by atoms with Gasteiger partial charge in [0.2, 0.25) is 0 Å². The van der Waals surface area contributed by atoms with Crippen LogP contribution < -0.4 is 11.1 Å². The van der Waals surface area contributed by atoms with Gasteiger partial charge in [0, 0.05) is 17.6 Å². The van der Waals surface area contributed by atoms with E-state index >= 15 is 0 Å². The number of anilines is 1. The number of aryl methyl sites for hydroxylation is 1. The summed E-state index contributed by atoms with van der Waals surface area (Å²) >= 11 is 7.78. The minimum Gasteiger partial charge on any atom is -0.361 e. The number of benzene rings is 1. The molecule has 3 nitrogen and oxygen atoms in total. The zero-order chi connectivity index (χ0) is 14.1. The second-order valence-electron chi connectivity index (χ2n) is 5.75. The first-order valence-electron chi connectivity index (χ1n) is 7.18.